The quantitative estimate of drug-likeness (QED) is 0.583. The molecule has 92 valence electrons. The van der Waals surface area contributed by atoms with Gasteiger partial charge in [-0.15, -0.1) is 0 Å². The van der Waals surface area contributed by atoms with E-state index < -0.39 is 0 Å². The number of aryl methyl sites for hydroxylation is 1. The predicted molar refractivity (Wildman–Crippen MR) is 69.1 cm³/mol. The van der Waals surface area contributed by atoms with Crippen molar-refractivity contribution in [2.45, 2.75) is 31.7 Å². The zero-order valence-electron chi connectivity index (χ0n) is 10.1. The highest BCUT2D eigenvalue weighted by Crippen LogP contribution is 2.17. The third-order valence-electron chi connectivity index (χ3n) is 3.08. The minimum Gasteiger partial charge on any atom is -0.496 e. The molecule has 0 saturated carbocycles. The summed E-state index contributed by atoms with van der Waals surface area (Å²) in [6.07, 6.45) is 6.35. The first-order chi connectivity index (χ1) is 8.40. The monoisotopic (exact) mass is 232 g/mol. The number of hydrogen-bond acceptors (Lipinski definition) is 3. The van der Waals surface area contributed by atoms with E-state index in [1.165, 1.54) is 5.56 Å². The molecule has 1 aromatic rings. The molecule has 3 heteroatoms. The fraction of sp³-hybridized carbons (Fsp3) is 0.429. The topological polar surface area (TPSA) is 47.3 Å². The Balaban J connectivity index is 1.77. The van der Waals surface area contributed by atoms with E-state index in [1.54, 1.807) is 0 Å². The number of rotatable bonds is 6. The normalized spacial score (nSPS) is 16.4. The molecule has 3 N–H and O–H groups in total. The minimum atomic E-state index is 0.168. The van der Waals surface area contributed by atoms with Gasteiger partial charge in [-0.1, -0.05) is 30.3 Å². The SMILES string of the molecule is NNC(CCCc1ccccc1)C1=CCCO1. The maximum atomic E-state index is 5.56. The minimum absolute atomic E-state index is 0.168. The molecule has 1 atom stereocenters. The van der Waals surface area contributed by atoms with Crippen LogP contribution < -0.4 is 11.3 Å². The van der Waals surface area contributed by atoms with E-state index in [4.69, 9.17) is 10.6 Å². The molecule has 17 heavy (non-hydrogen) atoms. The lowest BCUT2D eigenvalue weighted by Crippen LogP contribution is -2.36. The van der Waals surface area contributed by atoms with Gasteiger partial charge in [0.25, 0.3) is 0 Å². The Bertz CT molecular complexity index is 362. The van der Waals surface area contributed by atoms with Crippen molar-refractivity contribution in [3.8, 4) is 0 Å². The van der Waals surface area contributed by atoms with Crippen LogP contribution in [0, 0.1) is 0 Å². The van der Waals surface area contributed by atoms with Gasteiger partial charge in [-0.2, -0.15) is 0 Å². The lowest BCUT2D eigenvalue weighted by molar-refractivity contribution is 0.211. The maximum absolute atomic E-state index is 5.56. The van der Waals surface area contributed by atoms with Crippen LogP contribution in [-0.2, 0) is 11.2 Å². The Morgan fingerprint density at radius 2 is 2.12 bits per heavy atom. The van der Waals surface area contributed by atoms with Crippen LogP contribution in [0.4, 0.5) is 0 Å². The molecule has 0 radical (unpaired) electrons. The summed E-state index contributed by atoms with van der Waals surface area (Å²) in [6.45, 7) is 0.798. The number of ether oxygens (including phenoxy) is 1. The molecule has 0 aliphatic carbocycles. The fourth-order valence-corrected chi connectivity index (χ4v) is 2.14. The summed E-state index contributed by atoms with van der Waals surface area (Å²) in [6, 6.07) is 10.7. The molecule has 0 saturated heterocycles. The Hall–Kier alpha value is -1.32. The Morgan fingerprint density at radius 1 is 1.29 bits per heavy atom. The fourth-order valence-electron chi connectivity index (χ4n) is 2.14. The van der Waals surface area contributed by atoms with Crippen LogP contribution in [0.15, 0.2) is 42.2 Å². The molecule has 0 bridgehead atoms. The number of benzene rings is 1. The first-order valence-corrected chi connectivity index (χ1v) is 6.23. The third kappa shape index (κ3) is 3.58. The summed E-state index contributed by atoms with van der Waals surface area (Å²) in [5.41, 5.74) is 4.22. The van der Waals surface area contributed by atoms with Crippen molar-refractivity contribution < 1.29 is 4.74 Å². The van der Waals surface area contributed by atoms with Crippen molar-refractivity contribution in [3.63, 3.8) is 0 Å². The summed E-state index contributed by atoms with van der Waals surface area (Å²) >= 11 is 0. The van der Waals surface area contributed by atoms with E-state index in [-0.39, 0.29) is 6.04 Å². The Morgan fingerprint density at radius 3 is 2.76 bits per heavy atom. The van der Waals surface area contributed by atoms with Crippen molar-refractivity contribution in [1.29, 1.82) is 0 Å². The smallest absolute Gasteiger partial charge is 0.110 e. The summed E-state index contributed by atoms with van der Waals surface area (Å²) in [7, 11) is 0. The van der Waals surface area contributed by atoms with Gasteiger partial charge in [-0.3, -0.25) is 5.84 Å². The van der Waals surface area contributed by atoms with Gasteiger partial charge in [0.1, 0.15) is 5.76 Å². The molecule has 1 aromatic carbocycles. The second kappa shape index (κ2) is 6.42. The molecule has 1 unspecified atom stereocenters. The van der Waals surface area contributed by atoms with E-state index >= 15 is 0 Å². The van der Waals surface area contributed by atoms with Crippen LogP contribution in [0.3, 0.4) is 0 Å². The molecule has 1 heterocycles. The van der Waals surface area contributed by atoms with Crippen molar-refractivity contribution in [2.24, 2.45) is 5.84 Å². The average Bonchev–Trinajstić information content (AvgIpc) is 2.90. The van der Waals surface area contributed by atoms with Gasteiger partial charge >= 0.3 is 0 Å². The Kier molecular flexibility index (Phi) is 4.59. The second-order valence-corrected chi connectivity index (χ2v) is 4.34. The highest BCUT2D eigenvalue weighted by molar-refractivity contribution is 5.15. The lowest BCUT2D eigenvalue weighted by atomic mass is 10.0. The van der Waals surface area contributed by atoms with E-state index in [0.717, 1.165) is 38.0 Å². The maximum Gasteiger partial charge on any atom is 0.110 e. The van der Waals surface area contributed by atoms with Crippen LogP contribution >= 0.6 is 0 Å². The van der Waals surface area contributed by atoms with Gasteiger partial charge in [0.05, 0.1) is 12.6 Å². The highest BCUT2D eigenvalue weighted by Gasteiger charge is 2.16. The van der Waals surface area contributed by atoms with Gasteiger partial charge in [-0.05, 0) is 30.9 Å². The summed E-state index contributed by atoms with van der Waals surface area (Å²) in [5, 5.41) is 0. The first kappa shape index (κ1) is 12.1. The number of hydrogen-bond donors (Lipinski definition) is 2. The predicted octanol–water partition coefficient (Wildman–Crippen LogP) is 2.15. The lowest BCUT2D eigenvalue weighted by Gasteiger charge is -2.16. The number of nitrogens with two attached hydrogens (primary N) is 1. The van der Waals surface area contributed by atoms with Gasteiger partial charge in [0.2, 0.25) is 0 Å². The van der Waals surface area contributed by atoms with E-state index in [1.807, 2.05) is 6.07 Å². The average molecular weight is 232 g/mol. The van der Waals surface area contributed by atoms with Crippen molar-refractivity contribution >= 4 is 0 Å². The van der Waals surface area contributed by atoms with Gasteiger partial charge in [0.15, 0.2) is 0 Å². The summed E-state index contributed by atoms with van der Waals surface area (Å²) in [4.78, 5) is 0. The van der Waals surface area contributed by atoms with Crippen molar-refractivity contribution in [3.05, 3.63) is 47.7 Å². The highest BCUT2D eigenvalue weighted by atomic mass is 16.5. The van der Waals surface area contributed by atoms with E-state index in [0.29, 0.717) is 0 Å². The molecule has 0 spiro atoms. The van der Waals surface area contributed by atoms with Gasteiger partial charge in [-0.25, -0.2) is 5.43 Å². The summed E-state index contributed by atoms with van der Waals surface area (Å²) in [5.74, 6) is 6.58. The Labute approximate surface area is 103 Å². The van der Waals surface area contributed by atoms with Crippen LogP contribution in [-0.4, -0.2) is 12.6 Å². The van der Waals surface area contributed by atoms with Crippen molar-refractivity contribution in [2.75, 3.05) is 6.61 Å². The largest absolute Gasteiger partial charge is 0.496 e. The molecular weight excluding hydrogens is 212 g/mol. The first-order valence-electron chi connectivity index (χ1n) is 6.23. The van der Waals surface area contributed by atoms with Gasteiger partial charge in [0, 0.05) is 6.42 Å². The molecule has 1 aliphatic heterocycles. The van der Waals surface area contributed by atoms with Crippen LogP contribution in [0.25, 0.3) is 0 Å². The van der Waals surface area contributed by atoms with Gasteiger partial charge < -0.3 is 4.74 Å². The zero-order valence-corrected chi connectivity index (χ0v) is 10.1. The standard InChI is InChI=1S/C14H20N2O/c15-16-13(14-10-5-11-17-14)9-4-8-12-6-2-1-3-7-12/h1-3,6-7,10,13,16H,4-5,8-9,11,15H2. The van der Waals surface area contributed by atoms with Crippen LogP contribution in [0.1, 0.15) is 24.8 Å². The molecule has 0 aromatic heterocycles. The molecule has 1 aliphatic rings. The molecule has 0 fully saturated rings. The summed E-state index contributed by atoms with van der Waals surface area (Å²) < 4.78 is 5.53. The zero-order chi connectivity index (χ0) is 11.9. The van der Waals surface area contributed by atoms with E-state index in [2.05, 4.69) is 35.8 Å². The molecular formula is C14H20N2O. The molecule has 3 nitrogen and oxygen atoms in total. The molecule has 0 amide bonds. The number of hydrazine groups is 1. The van der Waals surface area contributed by atoms with E-state index in [9.17, 15) is 0 Å². The molecule has 2 rings (SSSR count). The second-order valence-electron chi connectivity index (χ2n) is 4.34. The number of nitrogens with one attached hydrogen (secondary N) is 1. The van der Waals surface area contributed by atoms with Crippen molar-refractivity contribution in [1.82, 2.24) is 5.43 Å². The third-order valence-corrected chi connectivity index (χ3v) is 3.08. The van der Waals surface area contributed by atoms with Crippen LogP contribution in [0.5, 0.6) is 0 Å². The van der Waals surface area contributed by atoms with Crippen LogP contribution in [0.2, 0.25) is 0 Å².